The lowest BCUT2D eigenvalue weighted by molar-refractivity contribution is -0.120. The third-order valence-corrected chi connectivity index (χ3v) is 4.61. The molecule has 7 heteroatoms. The first-order valence-corrected chi connectivity index (χ1v) is 9.36. The van der Waals surface area contributed by atoms with E-state index in [0.29, 0.717) is 18.8 Å². The number of hydrogen-bond donors (Lipinski definition) is 2. The average molecular weight is 382 g/mol. The summed E-state index contributed by atoms with van der Waals surface area (Å²) >= 11 is 0. The van der Waals surface area contributed by atoms with Crippen LogP contribution in [0.4, 0.5) is 11.4 Å². The third kappa shape index (κ3) is 6.07. The predicted octanol–water partition coefficient (Wildman–Crippen LogP) is 1.89. The number of amides is 2. The minimum absolute atomic E-state index is 0.0181. The van der Waals surface area contributed by atoms with Crippen LogP contribution in [0.1, 0.15) is 0 Å². The zero-order valence-corrected chi connectivity index (χ0v) is 16.1. The van der Waals surface area contributed by atoms with E-state index in [1.165, 1.54) is 0 Å². The Morgan fingerprint density at radius 1 is 0.821 bits per heavy atom. The number of nitrogens with one attached hydrogen (secondary N) is 2. The van der Waals surface area contributed by atoms with Gasteiger partial charge in [0.2, 0.25) is 11.8 Å². The van der Waals surface area contributed by atoms with E-state index in [2.05, 4.69) is 20.4 Å². The van der Waals surface area contributed by atoms with E-state index in [4.69, 9.17) is 4.74 Å². The highest BCUT2D eigenvalue weighted by atomic mass is 16.5. The second-order valence-electron chi connectivity index (χ2n) is 6.75. The number of rotatable bonds is 7. The van der Waals surface area contributed by atoms with Gasteiger partial charge in [-0.25, -0.2) is 0 Å². The summed E-state index contributed by atoms with van der Waals surface area (Å²) < 4.78 is 5.17. The summed E-state index contributed by atoms with van der Waals surface area (Å²) in [6.45, 7) is 3.72. The standard InChI is InChI=1S/C21H26N4O3/c1-28-19-9-5-8-18(14-19)23-21(27)16-25-12-10-24(11-13-25)15-20(26)22-17-6-3-2-4-7-17/h2-9,14H,10-13,15-16H2,1H3,(H,22,26)(H,23,27). The van der Waals surface area contributed by atoms with Crippen molar-refractivity contribution in [3.8, 4) is 5.75 Å². The van der Waals surface area contributed by atoms with Crippen molar-refractivity contribution >= 4 is 23.2 Å². The molecule has 0 radical (unpaired) electrons. The highest BCUT2D eigenvalue weighted by Gasteiger charge is 2.20. The van der Waals surface area contributed by atoms with E-state index in [1.54, 1.807) is 13.2 Å². The van der Waals surface area contributed by atoms with E-state index < -0.39 is 0 Å². The molecule has 1 aliphatic heterocycles. The molecule has 0 aliphatic carbocycles. The van der Waals surface area contributed by atoms with Crippen LogP contribution in [0.25, 0.3) is 0 Å². The molecule has 148 valence electrons. The zero-order chi connectivity index (χ0) is 19.8. The Balaban J connectivity index is 1.38. The van der Waals surface area contributed by atoms with Gasteiger partial charge in [0.05, 0.1) is 20.2 Å². The number of anilines is 2. The molecule has 2 N–H and O–H groups in total. The average Bonchev–Trinajstić information content (AvgIpc) is 2.70. The maximum atomic E-state index is 12.3. The van der Waals surface area contributed by atoms with Crippen LogP contribution >= 0.6 is 0 Å². The lowest BCUT2D eigenvalue weighted by atomic mass is 10.2. The first-order chi connectivity index (χ1) is 13.6. The van der Waals surface area contributed by atoms with Crippen molar-refractivity contribution in [2.45, 2.75) is 0 Å². The molecular formula is C21H26N4O3. The number of carbonyl (C=O) groups is 2. The third-order valence-electron chi connectivity index (χ3n) is 4.61. The fraction of sp³-hybridized carbons (Fsp3) is 0.333. The maximum Gasteiger partial charge on any atom is 0.238 e. The minimum atomic E-state index is -0.0523. The van der Waals surface area contributed by atoms with Gasteiger partial charge in [-0.3, -0.25) is 19.4 Å². The highest BCUT2D eigenvalue weighted by molar-refractivity contribution is 5.93. The summed E-state index contributed by atoms with van der Waals surface area (Å²) in [4.78, 5) is 28.6. The van der Waals surface area contributed by atoms with Crippen molar-refractivity contribution in [1.82, 2.24) is 9.80 Å². The van der Waals surface area contributed by atoms with Crippen molar-refractivity contribution in [2.24, 2.45) is 0 Å². The molecule has 0 spiro atoms. The Morgan fingerprint density at radius 3 is 1.93 bits per heavy atom. The summed E-state index contributed by atoms with van der Waals surface area (Å²) in [5.74, 6) is 0.638. The molecule has 0 atom stereocenters. The largest absolute Gasteiger partial charge is 0.497 e. The van der Waals surface area contributed by atoms with E-state index in [1.807, 2.05) is 48.5 Å². The first-order valence-electron chi connectivity index (χ1n) is 9.36. The fourth-order valence-electron chi connectivity index (χ4n) is 3.14. The maximum absolute atomic E-state index is 12.3. The smallest absolute Gasteiger partial charge is 0.238 e. The van der Waals surface area contributed by atoms with Crippen molar-refractivity contribution in [1.29, 1.82) is 0 Å². The van der Waals surface area contributed by atoms with Gasteiger partial charge in [0.1, 0.15) is 5.75 Å². The van der Waals surface area contributed by atoms with E-state index in [9.17, 15) is 9.59 Å². The summed E-state index contributed by atoms with van der Waals surface area (Å²) in [6.07, 6.45) is 0. The number of ether oxygens (including phenoxy) is 1. The van der Waals surface area contributed by atoms with Crippen LogP contribution in [-0.4, -0.2) is 68.0 Å². The summed E-state index contributed by atoms with van der Waals surface area (Å²) in [5, 5.41) is 5.80. The summed E-state index contributed by atoms with van der Waals surface area (Å²) in [7, 11) is 1.60. The number of nitrogens with zero attached hydrogens (tertiary/aromatic N) is 2. The molecule has 0 saturated carbocycles. The van der Waals surface area contributed by atoms with Crippen LogP contribution in [0.5, 0.6) is 5.75 Å². The zero-order valence-electron chi connectivity index (χ0n) is 16.1. The molecular weight excluding hydrogens is 356 g/mol. The molecule has 3 rings (SSSR count). The monoisotopic (exact) mass is 382 g/mol. The quantitative estimate of drug-likeness (QED) is 0.765. The molecule has 0 aromatic heterocycles. The normalized spacial score (nSPS) is 15.0. The number of piperazine rings is 1. The van der Waals surface area contributed by atoms with Crippen LogP contribution in [0.15, 0.2) is 54.6 Å². The Morgan fingerprint density at radius 2 is 1.36 bits per heavy atom. The summed E-state index contributed by atoms with van der Waals surface area (Å²) in [5.41, 5.74) is 1.53. The number of methoxy groups -OCH3 is 1. The van der Waals surface area contributed by atoms with Crippen molar-refractivity contribution in [2.75, 3.05) is 57.0 Å². The Bertz CT molecular complexity index is 789. The predicted molar refractivity (Wildman–Crippen MR) is 110 cm³/mol. The number of para-hydroxylation sites is 1. The second-order valence-corrected chi connectivity index (χ2v) is 6.75. The molecule has 0 bridgehead atoms. The Hall–Kier alpha value is -2.90. The molecule has 1 fully saturated rings. The van der Waals surface area contributed by atoms with E-state index >= 15 is 0 Å². The Labute approximate surface area is 165 Å². The molecule has 0 unspecified atom stereocenters. The lowest BCUT2D eigenvalue weighted by Crippen LogP contribution is -2.50. The lowest BCUT2D eigenvalue weighted by Gasteiger charge is -2.33. The van der Waals surface area contributed by atoms with Gasteiger partial charge in [0.25, 0.3) is 0 Å². The molecule has 7 nitrogen and oxygen atoms in total. The van der Waals surface area contributed by atoms with Gasteiger partial charge in [-0.2, -0.15) is 0 Å². The number of carbonyl (C=O) groups excluding carboxylic acids is 2. The van der Waals surface area contributed by atoms with Crippen LogP contribution in [0.3, 0.4) is 0 Å². The van der Waals surface area contributed by atoms with Crippen LogP contribution in [-0.2, 0) is 9.59 Å². The van der Waals surface area contributed by atoms with E-state index in [-0.39, 0.29) is 11.8 Å². The van der Waals surface area contributed by atoms with Gasteiger partial charge in [-0.05, 0) is 24.3 Å². The first kappa shape index (κ1) is 19.9. The van der Waals surface area contributed by atoms with E-state index in [0.717, 1.165) is 37.6 Å². The van der Waals surface area contributed by atoms with Crippen molar-refractivity contribution in [3.63, 3.8) is 0 Å². The van der Waals surface area contributed by atoms with Crippen molar-refractivity contribution < 1.29 is 14.3 Å². The second kappa shape index (κ2) is 9.87. The topological polar surface area (TPSA) is 73.9 Å². The van der Waals surface area contributed by atoms with Gasteiger partial charge in [0, 0.05) is 43.6 Å². The molecule has 2 aromatic rings. The van der Waals surface area contributed by atoms with Gasteiger partial charge < -0.3 is 15.4 Å². The van der Waals surface area contributed by atoms with Crippen LogP contribution < -0.4 is 15.4 Å². The molecule has 1 saturated heterocycles. The van der Waals surface area contributed by atoms with Gasteiger partial charge in [0.15, 0.2) is 0 Å². The number of benzene rings is 2. The van der Waals surface area contributed by atoms with Crippen LogP contribution in [0.2, 0.25) is 0 Å². The van der Waals surface area contributed by atoms with Gasteiger partial charge in [-0.1, -0.05) is 24.3 Å². The Kier molecular flexibility index (Phi) is 7.00. The van der Waals surface area contributed by atoms with Crippen molar-refractivity contribution in [3.05, 3.63) is 54.6 Å². The minimum Gasteiger partial charge on any atom is -0.497 e. The SMILES string of the molecule is COc1cccc(NC(=O)CN2CCN(CC(=O)Nc3ccccc3)CC2)c1. The molecule has 1 aliphatic rings. The van der Waals surface area contributed by atoms with Crippen LogP contribution in [0, 0.1) is 0 Å². The molecule has 1 heterocycles. The van der Waals surface area contributed by atoms with Gasteiger partial charge in [-0.15, -0.1) is 0 Å². The van der Waals surface area contributed by atoms with Gasteiger partial charge >= 0.3 is 0 Å². The molecule has 28 heavy (non-hydrogen) atoms. The fourth-order valence-corrected chi connectivity index (χ4v) is 3.14. The summed E-state index contributed by atoms with van der Waals surface area (Å²) in [6, 6.07) is 16.8. The highest BCUT2D eigenvalue weighted by Crippen LogP contribution is 2.16. The molecule has 2 amide bonds. The number of hydrogen-bond acceptors (Lipinski definition) is 5. The molecule has 2 aromatic carbocycles.